The van der Waals surface area contributed by atoms with Gasteiger partial charge in [-0.2, -0.15) is 0 Å². The zero-order valence-corrected chi connectivity index (χ0v) is 10.8. The van der Waals surface area contributed by atoms with Crippen molar-refractivity contribution in [2.24, 2.45) is 0 Å². The summed E-state index contributed by atoms with van der Waals surface area (Å²) >= 11 is 0. The van der Waals surface area contributed by atoms with Crippen molar-refractivity contribution in [3.8, 4) is 0 Å². The minimum atomic E-state index is -0.442. The van der Waals surface area contributed by atoms with Gasteiger partial charge in [-0.05, 0) is 38.4 Å². The highest BCUT2D eigenvalue weighted by Crippen LogP contribution is 2.18. The lowest BCUT2D eigenvalue weighted by Gasteiger charge is -2.23. The number of hydrogen-bond acceptors (Lipinski definition) is 4. The van der Waals surface area contributed by atoms with Gasteiger partial charge in [0.2, 0.25) is 0 Å². The maximum Gasteiger partial charge on any atom is 0.272 e. The molecule has 2 N–H and O–H groups in total. The van der Waals surface area contributed by atoms with Gasteiger partial charge in [-0.1, -0.05) is 0 Å². The lowest BCUT2D eigenvalue weighted by Crippen LogP contribution is -2.45. The van der Waals surface area contributed by atoms with Crippen LogP contribution in [-0.4, -0.2) is 30.0 Å². The van der Waals surface area contributed by atoms with E-state index >= 15 is 0 Å². The Morgan fingerprint density at radius 2 is 2.32 bits per heavy atom. The van der Waals surface area contributed by atoms with Crippen molar-refractivity contribution in [2.45, 2.75) is 25.8 Å². The maximum atomic E-state index is 12.0. The number of amides is 1. The van der Waals surface area contributed by atoms with Crippen LogP contribution in [0.25, 0.3) is 0 Å². The molecule has 1 unspecified atom stereocenters. The number of nitro groups is 1. The number of aryl methyl sites for hydroxylation is 1. The molecular weight excluding hydrogens is 246 g/mol. The fourth-order valence-corrected chi connectivity index (χ4v) is 2.25. The van der Waals surface area contributed by atoms with Gasteiger partial charge in [-0.25, -0.2) is 0 Å². The molecule has 1 aliphatic rings. The largest absolute Gasteiger partial charge is 0.348 e. The van der Waals surface area contributed by atoms with E-state index in [0.29, 0.717) is 11.1 Å². The standard InChI is InChI=1S/C13H17N3O3/c1-9-7-10(4-5-12(9)16(18)19)13(17)15-11-3-2-6-14-8-11/h4-5,7,11,14H,2-3,6,8H2,1H3,(H,15,17). The maximum absolute atomic E-state index is 12.0. The van der Waals surface area contributed by atoms with Gasteiger partial charge in [0.25, 0.3) is 11.6 Å². The van der Waals surface area contributed by atoms with E-state index in [0.717, 1.165) is 25.9 Å². The highest BCUT2D eigenvalue weighted by Gasteiger charge is 2.18. The normalized spacial score (nSPS) is 18.9. The molecule has 0 aliphatic carbocycles. The minimum Gasteiger partial charge on any atom is -0.348 e. The molecule has 6 heteroatoms. The second-order valence-electron chi connectivity index (χ2n) is 4.78. The summed E-state index contributed by atoms with van der Waals surface area (Å²) < 4.78 is 0. The van der Waals surface area contributed by atoms with E-state index in [4.69, 9.17) is 0 Å². The van der Waals surface area contributed by atoms with E-state index in [-0.39, 0.29) is 17.6 Å². The molecule has 1 fully saturated rings. The van der Waals surface area contributed by atoms with Crippen molar-refractivity contribution in [3.05, 3.63) is 39.4 Å². The highest BCUT2D eigenvalue weighted by atomic mass is 16.6. The monoisotopic (exact) mass is 263 g/mol. The third-order valence-corrected chi connectivity index (χ3v) is 3.29. The molecule has 102 valence electrons. The van der Waals surface area contributed by atoms with Gasteiger partial charge < -0.3 is 10.6 Å². The van der Waals surface area contributed by atoms with Crippen LogP contribution in [0.15, 0.2) is 18.2 Å². The molecule has 1 heterocycles. The molecule has 6 nitrogen and oxygen atoms in total. The predicted octanol–water partition coefficient (Wildman–Crippen LogP) is 1.39. The van der Waals surface area contributed by atoms with Gasteiger partial charge in [0.05, 0.1) is 4.92 Å². The molecule has 1 aromatic rings. The number of nitrogens with zero attached hydrogens (tertiary/aromatic N) is 1. The van der Waals surface area contributed by atoms with Crippen molar-refractivity contribution in [3.63, 3.8) is 0 Å². The first-order valence-corrected chi connectivity index (χ1v) is 6.34. The smallest absolute Gasteiger partial charge is 0.272 e. The van der Waals surface area contributed by atoms with Crippen molar-refractivity contribution in [1.82, 2.24) is 10.6 Å². The molecule has 1 saturated heterocycles. The average Bonchev–Trinajstić information content (AvgIpc) is 2.39. The number of nitro benzene ring substituents is 1. The Morgan fingerprint density at radius 3 is 2.89 bits per heavy atom. The number of nitrogens with one attached hydrogen (secondary N) is 2. The van der Waals surface area contributed by atoms with Gasteiger partial charge in [0.1, 0.15) is 0 Å². The van der Waals surface area contributed by atoms with Crippen LogP contribution in [0.3, 0.4) is 0 Å². The Morgan fingerprint density at radius 1 is 1.53 bits per heavy atom. The summed E-state index contributed by atoms with van der Waals surface area (Å²) in [5.41, 5.74) is 1.00. The molecule has 0 saturated carbocycles. The number of rotatable bonds is 3. The Kier molecular flexibility index (Phi) is 4.11. The van der Waals surface area contributed by atoms with Gasteiger partial charge in [0, 0.05) is 29.8 Å². The average molecular weight is 263 g/mol. The summed E-state index contributed by atoms with van der Waals surface area (Å²) in [4.78, 5) is 22.3. The summed E-state index contributed by atoms with van der Waals surface area (Å²) in [6, 6.07) is 4.57. The van der Waals surface area contributed by atoms with Crippen molar-refractivity contribution in [2.75, 3.05) is 13.1 Å². The first kappa shape index (κ1) is 13.5. The number of piperidine rings is 1. The molecule has 0 aromatic heterocycles. The first-order valence-electron chi connectivity index (χ1n) is 6.34. The number of carbonyl (C=O) groups is 1. The van der Waals surface area contributed by atoms with Crippen molar-refractivity contribution >= 4 is 11.6 Å². The molecule has 1 aromatic carbocycles. The Balaban J connectivity index is 2.06. The summed E-state index contributed by atoms with van der Waals surface area (Å²) in [5.74, 6) is -0.174. The second kappa shape index (κ2) is 5.79. The molecule has 1 aliphatic heterocycles. The van der Waals surface area contributed by atoms with Crippen LogP contribution in [0.2, 0.25) is 0 Å². The van der Waals surface area contributed by atoms with Crippen LogP contribution in [0.4, 0.5) is 5.69 Å². The predicted molar refractivity (Wildman–Crippen MR) is 71.2 cm³/mol. The fourth-order valence-electron chi connectivity index (χ4n) is 2.25. The van der Waals surface area contributed by atoms with Gasteiger partial charge in [0.15, 0.2) is 0 Å². The second-order valence-corrected chi connectivity index (χ2v) is 4.78. The molecule has 1 amide bonds. The third kappa shape index (κ3) is 3.29. The quantitative estimate of drug-likeness (QED) is 0.637. The Labute approximate surface area is 111 Å². The first-order chi connectivity index (χ1) is 9.08. The van der Waals surface area contributed by atoms with Crippen molar-refractivity contribution in [1.29, 1.82) is 0 Å². The molecule has 1 atom stereocenters. The molecule has 0 radical (unpaired) electrons. The number of carbonyl (C=O) groups excluding carboxylic acids is 1. The summed E-state index contributed by atoms with van der Waals surface area (Å²) in [6.07, 6.45) is 2.01. The van der Waals surface area contributed by atoms with Crippen LogP contribution in [0.5, 0.6) is 0 Å². The van der Waals surface area contributed by atoms with E-state index < -0.39 is 4.92 Å². The van der Waals surface area contributed by atoms with Crippen LogP contribution < -0.4 is 10.6 Å². The lowest BCUT2D eigenvalue weighted by atomic mass is 10.1. The molecule has 0 spiro atoms. The van der Waals surface area contributed by atoms with E-state index in [2.05, 4.69) is 10.6 Å². The van der Waals surface area contributed by atoms with Gasteiger partial charge in [-0.3, -0.25) is 14.9 Å². The number of benzene rings is 1. The number of hydrogen-bond donors (Lipinski definition) is 2. The Bertz CT molecular complexity index is 496. The minimum absolute atomic E-state index is 0.0379. The highest BCUT2D eigenvalue weighted by molar-refractivity contribution is 5.94. The van der Waals surface area contributed by atoms with Crippen LogP contribution >= 0.6 is 0 Å². The van der Waals surface area contributed by atoms with Gasteiger partial charge in [-0.15, -0.1) is 0 Å². The molecule has 2 rings (SSSR count). The van der Waals surface area contributed by atoms with Crippen LogP contribution in [-0.2, 0) is 0 Å². The summed E-state index contributed by atoms with van der Waals surface area (Å²) in [6.45, 7) is 3.40. The summed E-state index contributed by atoms with van der Waals surface area (Å²) in [7, 11) is 0. The zero-order chi connectivity index (χ0) is 13.8. The van der Waals surface area contributed by atoms with E-state index in [1.807, 2.05) is 0 Å². The SMILES string of the molecule is Cc1cc(C(=O)NC2CCCNC2)ccc1[N+](=O)[O-]. The van der Waals surface area contributed by atoms with Gasteiger partial charge >= 0.3 is 0 Å². The van der Waals surface area contributed by atoms with E-state index in [1.165, 1.54) is 12.1 Å². The fraction of sp³-hybridized carbons (Fsp3) is 0.462. The molecule has 0 bridgehead atoms. The summed E-state index contributed by atoms with van der Waals surface area (Å²) in [5, 5.41) is 16.9. The Hall–Kier alpha value is -1.95. The zero-order valence-electron chi connectivity index (χ0n) is 10.8. The van der Waals surface area contributed by atoms with Crippen LogP contribution in [0.1, 0.15) is 28.8 Å². The molecule has 19 heavy (non-hydrogen) atoms. The lowest BCUT2D eigenvalue weighted by molar-refractivity contribution is -0.385. The van der Waals surface area contributed by atoms with Crippen LogP contribution in [0, 0.1) is 17.0 Å². The van der Waals surface area contributed by atoms with E-state index in [1.54, 1.807) is 13.0 Å². The van der Waals surface area contributed by atoms with Crippen molar-refractivity contribution < 1.29 is 9.72 Å². The third-order valence-electron chi connectivity index (χ3n) is 3.29. The topological polar surface area (TPSA) is 84.3 Å². The van der Waals surface area contributed by atoms with E-state index in [9.17, 15) is 14.9 Å². The molecular formula is C13H17N3O3.